The van der Waals surface area contributed by atoms with E-state index in [2.05, 4.69) is 0 Å². The van der Waals surface area contributed by atoms with E-state index in [1.807, 2.05) is 13.8 Å². The number of rotatable bonds is 1. The van der Waals surface area contributed by atoms with Gasteiger partial charge in [-0.2, -0.15) is 0 Å². The Morgan fingerprint density at radius 2 is 2.17 bits per heavy atom. The van der Waals surface area contributed by atoms with Crippen LogP contribution in [0.3, 0.4) is 0 Å². The van der Waals surface area contributed by atoms with Gasteiger partial charge in [-0.3, -0.25) is 0 Å². The Morgan fingerprint density at radius 1 is 1.58 bits per heavy atom. The van der Waals surface area contributed by atoms with Gasteiger partial charge in [0.05, 0.1) is 11.7 Å². The van der Waals surface area contributed by atoms with E-state index in [9.17, 15) is 10.2 Å². The van der Waals surface area contributed by atoms with Crippen molar-refractivity contribution in [3.05, 3.63) is 0 Å². The van der Waals surface area contributed by atoms with Crippen molar-refractivity contribution in [1.82, 2.24) is 0 Å². The molecule has 0 aliphatic heterocycles. The topological polar surface area (TPSA) is 40.5 Å². The molecule has 2 heteroatoms. The van der Waals surface area contributed by atoms with Gasteiger partial charge in [-0.05, 0) is 24.7 Å². The van der Waals surface area contributed by atoms with Gasteiger partial charge in [-0.15, -0.1) is 0 Å². The molecule has 2 N–H and O–H groups in total. The first kappa shape index (κ1) is 8.52. The Labute approximate surface area is 76.0 Å². The molecule has 1 saturated carbocycles. The van der Waals surface area contributed by atoms with Crippen LogP contribution in [-0.4, -0.2) is 21.9 Å². The minimum absolute atomic E-state index is 0.151. The maximum Gasteiger partial charge on any atom is 0.0695 e. The summed E-state index contributed by atoms with van der Waals surface area (Å²) in [6.07, 6.45) is 0.837. The van der Waals surface area contributed by atoms with Crippen LogP contribution in [0.5, 0.6) is 0 Å². The molecule has 0 unspecified atom stereocenters. The highest BCUT2D eigenvalue weighted by atomic mass is 16.3. The van der Waals surface area contributed by atoms with Gasteiger partial charge in [0.2, 0.25) is 0 Å². The van der Waals surface area contributed by atoms with Crippen molar-refractivity contribution < 1.29 is 11.6 Å². The summed E-state index contributed by atoms with van der Waals surface area (Å²) in [7, 11) is 0. The second kappa shape index (κ2) is 3.35. The molecule has 0 saturated heterocycles. The summed E-state index contributed by atoms with van der Waals surface area (Å²) in [5.74, 6) is -0.626. The minimum atomic E-state index is -0.777. The van der Waals surface area contributed by atoms with E-state index in [0.29, 0.717) is 19.3 Å². The molecule has 1 rings (SSSR count). The number of aliphatic hydroxyl groups excluding tert-OH is 1. The molecule has 0 spiro atoms. The largest absolute Gasteiger partial charge is 0.393 e. The van der Waals surface area contributed by atoms with Crippen LogP contribution in [-0.2, 0) is 0 Å². The quantitative estimate of drug-likeness (QED) is 0.631. The Morgan fingerprint density at radius 3 is 2.58 bits per heavy atom. The molecular weight excluding hydrogens is 152 g/mol. The van der Waals surface area contributed by atoms with Crippen molar-refractivity contribution in [2.75, 3.05) is 0 Å². The molecule has 0 heterocycles. The molecule has 1 aliphatic rings. The minimum Gasteiger partial charge on any atom is -0.393 e. The lowest BCUT2D eigenvalue weighted by atomic mass is 9.72. The predicted molar refractivity (Wildman–Crippen MR) is 48.8 cm³/mol. The van der Waals surface area contributed by atoms with Crippen molar-refractivity contribution in [3.63, 3.8) is 0 Å². The molecule has 0 bridgehead atoms. The van der Waals surface area contributed by atoms with Crippen LogP contribution in [0.25, 0.3) is 0 Å². The summed E-state index contributed by atoms with van der Waals surface area (Å²) in [6, 6.07) is 0. The summed E-state index contributed by atoms with van der Waals surface area (Å²) < 4.78 is 7.79. The van der Waals surface area contributed by atoms with Gasteiger partial charge < -0.3 is 10.2 Å². The van der Waals surface area contributed by atoms with Crippen molar-refractivity contribution in [1.29, 1.82) is 0 Å². The Hall–Kier alpha value is -0.0800. The second-order valence-corrected chi connectivity index (χ2v) is 4.32. The summed E-state index contributed by atoms with van der Waals surface area (Å²) >= 11 is 0. The van der Waals surface area contributed by atoms with Crippen LogP contribution >= 0.6 is 0 Å². The maximum atomic E-state index is 10.1. The Kier molecular flexibility index (Phi) is 2.37. The van der Waals surface area contributed by atoms with E-state index < -0.39 is 17.6 Å². The summed E-state index contributed by atoms with van der Waals surface area (Å²) in [4.78, 5) is 0. The van der Waals surface area contributed by atoms with Gasteiger partial charge in [0.15, 0.2) is 0 Å². The van der Waals surface area contributed by atoms with Crippen LogP contribution in [0.2, 0.25) is 0 Å². The zero-order valence-corrected chi connectivity index (χ0v) is 8.17. The second-order valence-electron chi connectivity index (χ2n) is 4.32. The fraction of sp³-hybridized carbons (Fsp3) is 1.00. The van der Waals surface area contributed by atoms with Gasteiger partial charge in [-0.25, -0.2) is 0 Å². The van der Waals surface area contributed by atoms with E-state index >= 15 is 0 Å². The van der Waals surface area contributed by atoms with Crippen molar-refractivity contribution in [2.24, 2.45) is 11.8 Å². The monoisotopic (exact) mass is 173 g/mol. The van der Waals surface area contributed by atoms with Crippen molar-refractivity contribution in [3.8, 4) is 0 Å². The SMILES string of the molecule is [2H][C@@]1(C)CC[C@@](O)(C(C)C)C[C@@H]1O. The Balaban J connectivity index is 2.70. The van der Waals surface area contributed by atoms with Crippen LogP contribution < -0.4 is 0 Å². The first-order valence-corrected chi connectivity index (χ1v) is 4.68. The zero-order chi connectivity index (χ0) is 10.3. The molecule has 1 fully saturated rings. The molecule has 0 aromatic rings. The lowest BCUT2D eigenvalue weighted by Crippen LogP contribution is -2.44. The van der Waals surface area contributed by atoms with Gasteiger partial charge >= 0.3 is 0 Å². The van der Waals surface area contributed by atoms with E-state index in [1.54, 1.807) is 6.92 Å². The van der Waals surface area contributed by atoms with E-state index in [1.165, 1.54) is 0 Å². The van der Waals surface area contributed by atoms with Crippen molar-refractivity contribution >= 4 is 0 Å². The summed E-state index contributed by atoms with van der Waals surface area (Å²) in [5.41, 5.74) is -0.764. The summed E-state index contributed by atoms with van der Waals surface area (Å²) in [5, 5.41) is 19.8. The highest BCUT2D eigenvalue weighted by Gasteiger charge is 2.39. The third-order valence-corrected chi connectivity index (χ3v) is 3.14. The van der Waals surface area contributed by atoms with Gasteiger partial charge in [0.1, 0.15) is 0 Å². The van der Waals surface area contributed by atoms with E-state index in [4.69, 9.17) is 1.37 Å². The molecule has 1 aliphatic carbocycles. The molecule has 2 nitrogen and oxygen atoms in total. The predicted octanol–water partition coefficient (Wildman–Crippen LogP) is 1.55. The number of hydrogen-bond donors (Lipinski definition) is 2. The first-order chi connectivity index (χ1) is 5.78. The molecule has 0 amide bonds. The fourth-order valence-corrected chi connectivity index (χ4v) is 1.72. The molecule has 3 atom stereocenters. The highest BCUT2D eigenvalue weighted by Crippen LogP contribution is 2.36. The summed E-state index contributed by atoms with van der Waals surface area (Å²) in [6.45, 7) is 5.65. The first-order valence-electron chi connectivity index (χ1n) is 5.18. The number of aliphatic hydroxyl groups is 2. The van der Waals surface area contributed by atoms with Crippen LogP contribution in [0.4, 0.5) is 0 Å². The third kappa shape index (κ3) is 1.80. The Bertz CT molecular complexity index is 191. The van der Waals surface area contributed by atoms with Crippen LogP contribution in [0, 0.1) is 11.8 Å². The fourth-order valence-electron chi connectivity index (χ4n) is 1.72. The molecular formula is C10H20O2. The molecule has 0 aromatic carbocycles. The van der Waals surface area contributed by atoms with Crippen LogP contribution in [0.15, 0.2) is 0 Å². The third-order valence-electron chi connectivity index (χ3n) is 3.14. The lowest BCUT2D eigenvalue weighted by molar-refractivity contribution is -0.0932. The molecule has 0 radical (unpaired) electrons. The van der Waals surface area contributed by atoms with Crippen molar-refractivity contribution in [2.45, 2.75) is 51.7 Å². The van der Waals surface area contributed by atoms with Gasteiger partial charge in [-0.1, -0.05) is 20.8 Å². The average Bonchev–Trinajstić information content (AvgIpc) is 1.98. The normalized spacial score (nSPS) is 50.8. The smallest absolute Gasteiger partial charge is 0.0695 e. The van der Waals surface area contributed by atoms with E-state index in [0.717, 1.165) is 0 Å². The van der Waals surface area contributed by atoms with Crippen LogP contribution in [0.1, 0.15) is 41.4 Å². The van der Waals surface area contributed by atoms with Gasteiger partial charge in [0, 0.05) is 7.79 Å². The highest BCUT2D eigenvalue weighted by molar-refractivity contribution is 4.91. The molecule has 12 heavy (non-hydrogen) atoms. The molecule has 72 valence electrons. The standard InChI is InChI=1S/C10H20O2/c1-7(2)10(12)5-4-8(3)9(11)6-10/h7-9,11-12H,4-6H2,1-3H3/t8-,9+,10+/m1/s1/i8D. The average molecular weight is 173 g/mol. The van der Waals surface area contributed by atoms with E-state index in [-0.39, 0.29) is 5.92 Å². The van der Waals surface area contributed by atoms with Gasteiger partial charge in [0.25, 0.3) is 0 Å². The maximum absolute atomic E-state index is 10.1. The number of hydrogen-bond acceptors (Lipinski definition) is 2. The molecule has 0 aromatic heterocycles. The zero-order valence-electron chi connectivity index (χ0n) is 9.17. The lowest BCUT2D eigenvalue weighted by Gasteiger charge is -2.40.